The SMILES string of the molecule is N[C@](C(=O)O)(C1CCCCC1)C1CCCC1. The number of rotatable bonds is 3. The quantitative estimate of drug-likeness (QED) is 0.775. The average Bonchev–Trinajstić information content (AvgIpc) is 2.82. The number of carboxylic acid groups (broad SMARTS) is 1. The fraction of sp³-hybridized carbons (Fsp3) is 0.923. The molecule has 2 aliphatic rings. The minimum atomic E-state index is -0.934. The summed E-state index contributed by atoms with van der Waals surface area (Å²) in [6, 6.07) is 0. The summed E-state index contributed by atoms with van der Waals surface area (Å²) in [6.45, 7) is 0. The highest BCUT2D eigenvalue weighted by atomic mass is 16.4. The molecule has 0 radical (unpaired) electrons. The third-order valence-corrected chi connectivity index (χ3v) is 4.68. The Bertz CT molecular complexity index is 255. The molecule has 0 unspecified atom stereocenters. The maximum Gasteiger partial charge on any atom is 0.324 e. The molecule has 1 atom stereocenters. The van der Waals surface area contributed by atoms with Gasteiger partial charge in [-0.1, -0.05) is 32.1 Å². The van der Waals surface area contributed by atoms with Crippen molar-refractivity contribution in [2.24, 2.45) is 17.6 Å². The van der Waals surface area contributed by atoms with E-state index in [2.05, 4.69) is 0 Å². The smallest absolute Gasteiger partial charge is 0.324 e. The van der Waals surface area contributed by atoms with Crippen LogP contribution in [0.5, 0.6) is 0 Å². The molecule has 0 aromatic rings. The molecule has 0 spiro atoms. The van der Waals surface area contributed by atoms with Gasteiger partial charge in [-0.15, -0.1) is 0 Å². The van der Waals surface area contributed by atoms with Crippen LogP contribution in [0, 0.1) is 11.8 Å². The molecule has 0 aliphatic heterocycles. The standard InChI is InChI=1S/C13H23NO2/c14-13(12(15)16,11-8-4-5-9-11)10-6-2-1-3-7-10/h10-11H,1-9,14H2,(H,15,16)/t13-/m1/s1. The maximum atomic E-state index is 11.6. The highest BCUT2D eigenvalue weighted by molar-refractivity contribution is 5.79. The van der Waals surface area contributed by atoms with E-state index in [0.29, 0.717) is 0 Å². The van der Waals surface area contributed by atoms with E-state index in [1.54, 1.807) is 0 Å². The predicted molar refractivity (Wildman–Crippen MR) is 63.1 cm³/mol. The number of nitrogens with two attached hydrogens (primary N) is 1. The summed E-state index contributed by atoms with van der Waals surface area (Å²) in [4.78, 5) is 11.6. The van der Waals surface area contributed by atoms with E-state index < -0.39 is 11.5 Å². The molecule has 0 saturated heterocycles. The second-order valence-corrected chi connectivity index (χ2v) is 5.55. The van der Waals surface area contributed by atoms with Crippen LogP contribution in [0.25, 0.3) is 0 Å². The van der Waals surface area contributed by atoms with E-state index in [0.717, 1.165) is 51.4 Å². The molecule has 92 valence electrons. The van der Waals surface area contributed by atoms with Crippen LogP contribution in [0.1, 0.15) is 57.8 Å². The Morgan fingerprint density at radius 3 is 1.69 bits per heavy atom. The first-order chi connectivity index (χ1) is 7.65. The molecule has 2 fully saturated rings. The average molecular weight is 225 g/mol. The molecule has 16 heavy (non-hydrogen) atoms. The van der Waals surface area contributed by atoms with Crippen LogP contribution in [0.3, 0.4) is 0 Å². The zero-order chi connectivity index (χ0) is 11.6. The lowest BCUT2D eigenvalue weighted by Gasteiger charge is -2.40. The Labute approximate surface area is 97.4 Å². The first-order valence-electron chi connectivity index (χ1n) is 6.68. The molecule has 0 amide bonds. The summed E-state index contributed by atoms with van der Waals surface area (Å²) in [5.41, 5.74) is 5.39. The maximum absolute atomic E-state index is 11.6. The highest BCUT2D eigenvalue weighted by Gasteiger charge is 2.49. The molecule has 0 aromatic carbocycles. The van der Waals surface area contributed by atoms with Crippen LogP contribution in [0.2, 0.25) is 0 Å². The summed E-state index contributed by atoms with van der Waals surface area (Å²) in [5, 5.41) is 9.52. The van der Waals surface area contributed by atoms with Crippen molar-refractivity contribution in [3.8, 4) is 0 Å². The summed E-state index contributed by atoms with van der Waals surface area (Å²) in [7, 11) is 0. The molecule has 0 bridgehead atoms. The van der Waals surface area contributed by atoms with Gasteiger partial charge in [0.1, 0.15) is 5.54 Å². The monoisotopic (exact) mass is 225 g/mol. The number of hydrogen-bond donors (Lipinski definition) is 2. The zero-order valence-electron chi connectivity index (χ0n) is 9.95. The number of carboxylic acids is 1. The van der Waals surface area contributed by atoms with Crippen LogP contribution in [0.15, 0.2) is 0 Å². The largest absolute Gasteiger partial charge is 0.480 e. The van der Waals surface area contributed by atoms with Gasteiger partial charge in [-0.25, -0.2) is 0 Å². The van der Waals surface area contributed by atoms with E-state index in [9.17, 15) is 9.90 Å². The second-order valence-electron chi connectivity index (χ2n) is 5.55. The summed E-state index contributed by atoms with van der Waals surface area (Å²) >= 11 is 0. The molecule has 2 rings (SSSR count). The van der Waals surface area contributed by atoms with Crippen LogP contribution < -0.4 is 5.73 Å². The van der Waals surface area contributed by atoms with Crippen molar-refractivity contribution < 1.29 is 9.90 Å². The van der Waals surface area contributed by atoms with E-state index >= 15 is 0 Å². The van der Waals surface area contributed by atoms with Crippen molar-refractivity contribution in [1.82, 2.24) is 0 Å². The minimum absolute atomic E-state index is 0.210. The highest BCUT2D eigenvalue weighted by Crippen LogP contribution is 2.42. The van der Waals surface area contributed by atoms with Crippen molar-refractivity contribution in [2.75, 3.05) is 0 Å². The number of aliphatic carboxylic acids is 1. The van der Waals surface area contributed by atoms with Crippen LogP contribution in [-0.2, 0) is 4.79 Å². The van der Waals surface area contributed by atoms with E-state index in [1.165, 1.54) is 6.42 Å². The molecule has 0 heterocycles. The Balaban J connectivity index is 2.15. The van der Waals surface area contributed by atoms with Gasteiger partial charge < -0.3 is 10.8 Å². The van der Waals surface area contributed by atoms with Crippen LogP contribution >= 0.6 is 0 Å². The van der Waals surface area contributed by atoms with Gasteiger partial charge in [0.2, 0.25) is 0 Å². The lowest BCUT2D eigenvalue weighted by atomic mass is 9.68. The molecule has 2 aliphatic carbocycles. The van der Waals surface area contributed by atoms with Gasteiger partial charge in [0.25, 0.3) is 0 Å². The minimum Gasteiger partial charge on any atom is -0.480 e. The van der Waals surface area contributed by atoms with Gasteiger partial charge in [0.05, 0.1) is 0 Å². The molecule has 2 saturated carbocycles. The first-order valence-corrected chi connectivity index (χ1v) is 6.68. The summed E-state index contributed by atoms with van der Waals surface area (Å²) in [5.74, 6) is -0.332. The predicted octanol–water partition coefficient (Wildman–Crippen LogP) is 2.54. The van der Waals surface area contributed by atoms with E-state index in [4.69, 9.17) is 5.73 Å². The third kappa shape index (κ3) is 1.97. The van der Waals surface area contributed by atoms with E-state index in [1.807, 2.05) is 0 Å². The fourth-order valence-corrected chi connectivity index (χ4v) is 3.67. The summed E-state index contributed by atoms with van der Waals surface area (Å²) in [6.07, 6.45) is 9.93. The van der Waals surface area contributed by atoms with Crippen LogP contribution in [-0.4, -0.2) is 16.6 Å². The van der Waals surface area contributed by atoms with Crippen molar-refractivity contribution in [2.45, 2.75) is 63.3 Å². The molecule has 3 N–H and O–H groups in total. The van der Waals surface area contributed by atoms with Gasteiger partial charge in [-0.3, -0.25) is 4.79 Å². The molecular weight excluding hydrogens is 202 g/mol. The number of hydrogen-bond acceptors (Lipinski definition) is 2. The van der Waals surface area contributed by atoms with Crippen molar-refractivity contribution in [1.29, 1.82) is 0 Å². The van der Waals surface area contributed by atoms with Gasteiger partial charge in [0.15, 0.2) is 0 Å². The lowest BCUT2D eigenvalue weighted by Crippen LogP contribution is -2.59. The van der Waals surface area contributed by atoms with E-state index in [-0.39, 0.29) is 11.8 Å². The van der Waals surface area contributed by atoms with Gasteiger partial charge in [-0.05, 0) is 37.5 Å². The Morgan fingerprint density at radius 1 is 0.938 bits per heavy atom. The van der Waals surface area contributed by atoms with Crippen molar-refractivity contribution in [3.05, 3.63) is 0 Å². The van der Waals surface area contributed by atoms with Crippen molar-refractivity contribution >= 4 is 5.97 Å². The Hall–Kier alpha value is -0.570. The van der Waals surface area contributed by atoms with Gasteiger partial charge in [0, 0.05) is 0 Å². The van der Waals surface area contributed by atoms with Crippen molar-refractivity contribution in [3.63, 3.8) is 0 Å². The third-order valence-electron chi connectivity index (χ3n) is 4.68. The lowest BCUT2D eigenvalue weighted by molar-refractivity contribution is -0.149. The van der Waals surface area contributed by atoms with Gasteiger partial charge >= 0.3 is 5.97 Å². The molecule has 3 nitrogen and oxygen atoms in total. The Kier molecular flexibility index (Phi) is 3.53. The van der Waals surface area contributed by atoms with Crippen LogP contribution in [0.4, 0.5) is 0 Å². The molecule has 0 aromatic heterocycles. The normalized spacial score (nSPS) is 27.8. The fourth-order valence-electron chi connectivity index (χ4n) is 3.67. The zero-order valence-corrected chi connectivity index (χ0v) is 9.95. The van der Waals surface area contributed by atoms with Gasteiger partial charge in [-0.2, -0.15) is 0 Å². The number of carbonyl (C=O) groups is 1. The first kappa shape index (κ1) is 11.9. The summed E-state index contributed by atoms with van der Waals surface area (Å²) < 4.78 is 0. The topological polar surface area (TPSA) is 63.3 Å². The molecule has 3 heteroatoms. The second kappa shape index (κ2) is 4.74. The molecular formula is C13H23NO2. The Morgan fingerprint density at radius 2 is 1.31 bits per heavy atom.